The van der Waals surface area contributed by atoms with E-state index >= 15 is 0 Å². The Hall–Kier alpha value is -3.87. The number of hydrogen-bond donors (Lipinski definition) is 1. The number of benzene rings is 2. The molecule has 2 aliphatic rings. The van der Waals surface area contributed by atoms with Gasteiger partial charge in [0.25, 0.3) is 0 Å². The monoisotopic (exact) mass is 486 g/mol. The van der Waals surface area contributed by atoms with Crippen molar-refractivity contribution in [1.29, 1.82) is 0 Å². The molecule has 5 rings (SSSR count). The number of methoxy groups -OCH3 is 2. The van der Waals surface area contributed by atoms with Crippen LogP contribution in [0, 0.1) is 0 Å². The minimum Gasteiger partial charge on any atom is -0.497 e. The van der Waals surface area contributed by atoms with E-state index in [0.29, 0.717) is 35.6 Å². The van der Waals surface area contributed by atoms with Crippen molar-refractivity contribution in [1.82, 2.24) is 9.88 Å². The highest BCUT2D eigenvalue weighted by Gasteiger charge is 2.30. The van der Waals surface area contributed by atoms with E-state index < -0.39 is 5.97 Å². The first-order valence-corrected chi connectivity index (χ1v) is 12.4. The van der Waals surface area contributed by atoms with Crippen molar-refractivity contribution >= 4 is 35.1 Å². The normalized spacial score (nSPS) is 15.3. The number of esters is 1. The second-order valence-corrected chi connectivity index (χ2v) is 9.41. The molecule has 1 fully saturated rings. The predicted octanol–water partition coefficient (Wildman–Crippen LogP) is 4.86. The Balaban J connectivity index is 1.80. The van der Waals surface area contributed by atoms with Gasteiger partial charge in [-0.05, 0) is 66.3 Å². The number of ether oxygens (including phenoxy) is 2. The van der Waals surface area contributed by atoms with Crippen LogP contribution in [0.15, 0.2) is 42.0 Å². The van der Waals surface area contributed by atoms with Crippen LogP contribution in [0.3, 0.4) is 0 Å². The van der Waals surface area contributed by atoms with Crippen molar-refractivity contribution < 1.29 is 23.9 Å². The summed E-state index contributed by atoms with van der Waals surface area (Å²) < 4.78 is 12.6. The highest BCUT2D eigenvalue weighted by molar-refractivity contribution is 6.04. The number of hydrogen-bond acceptors (Lipinski definition) is 5. The molecule has 1 amide bonds. The molecule has 0 atom stereocenters. The summed E-state index contributed by atoms with van der Waals surface area (Å²) in [6, 6.07) is 11.6. The molecule has 1 aromatic heterocycles. The summed E-state index contributed by atoms with van der Waals surface area (Å²) in [5, 5.41) is 3.78. The summed E-state index contributed by atoms with van der Waals surface area (Å²) in [4.78, 5) is 36.4. The van der Waals surface area contributed by atoms with Crippen molar-refractivity contribution in [2.24, 2.45) is 0 Å². The second kappa shape index (κ2) is 10.0. The topological polar surface area (TPSA) is 86.6 Å². The molecule has 7 heteroatoms. The zero-order chi connectivity index (χ0) is 25.2. The highest BCUT2D eigenvalue weighted by Crippen LogP contribution is 2.47. The van der Waals surface area contributed by atoms with Crippen molar-refractivity contribution in [2.75, 3.05) is 20.8 Å². The zero-order valence-corrected chi connectivity index (χ0v) is 20.6. The van der Waals surface area contributed by atoms with E-state index in [1.165, 1.54) is 31.9 Å². The molecule has 2 aromatic carbocycles. The quantitative estimate of drug-likeness (QED) is 0.397. The lowest BCUT2D eigenvalue weighted by Crippen LogP contribution is -2.28. The third kappa shape index (κ3) is 4.19. The summed E-state index contributed by atoms with van der Waals surface area (Å²) in [5.41, 5.74) is 6.15. The molecule has 3 aromatic rings. The van der Waals surface area contributed by atoms with Gasteiger partial charge in [0.05, 0.1) is 38.6 Å². The molecule has 7 nitrogen and oxygen atoms in total. The summed E-state index contributed by atoms with van der Waals surface area (Å²) in [7, 11) is 3.00. The van der Waals surface area contributed by atoms with Crippen LogP contribution in [0.4, 0.5) is 0 Å². The lowest BCUT2D eigenvalue weighted by molar-refractivity contribution is -0.119. The van der Waals surface area contributed by atoms with E-state index in [4.69, 9.17) is 9.47 Å². The van der Waals surface area contributed by atoms with E-state index in [0.717, 1.165) is 40.6 Å². The first kappa shape index (κ1) is 23.9. The molecular weight excluding hydrogens is 456 g/mol. The van der Waals surface area contributed by atoms with Gasteiger partial charge in [0, 0.05) is 22.0 Å². The maximum atomic E-state index is 13.1. The number of nitrogens with one attached hydrogen (secondary N) is 1. The number of carbonyl (C=O) groups is 3. The number of carbonyl (C=O) groups excluding carboxylic acids is 3. The first-order chi connectivity index (χ1) is 17.5. The van der Waals surface area contributed by atoms with Crippen LogP contribution in [-0.2, 0) is 20.9 Å². The lowest BCUT2D eigenvalue weighted by Gasteiger charge is -2.24. The van der Waals surface area contributed by atoms with Gasteiger partial charge in [-0.1, -0.05) is 25.3 Å². The minimum absolute atomic E-state index is 0.0553. The second-order valence-electron chi connectivity index (χ2n) is 9.41. The lowest BCUT2D eigenvalue weighted by atomic mass is 9.81. The fraction of sp³-hybridized carbons (Fsp3) is 0.345. The molecular formula is C29H30N2O5. The van der Waals surface area contributed by atoms with Crippen LogP contribution < -0.4 is 10.1 Å². The number of aldehydes is 1. The Morgan fingerprint density at radius 1 is 1.08 bits per heavy atom. The number of nitrogens with zero attached hydrogens (tertiary/aromatic N) is 1. The van der Waals surface area contributed by atoms with Gasteiger partial charge in [0.1, 0.15) is 12.0 Å². The van der Waals surface area contributed by atoms with Crippen molar-refractivity contribution in [2.45, 2.75) is 44.6 Å². The van der Waals surface area contributed by atoms with Gasteiger partial charge in [-0.15, -0.1) is 0 Å². The van der Waals surface area contributed by atoms with Crippen molar-refractivity contribution in [3.8, 4) is 17.0 Å². The Morgan fingerprint density at radius 2 is 1.89 bits per heavy atom. The molecule has 0 bridgehead atoms. The van der Waals surface area contributed by atoms with Crippen LogP contribution in [0.25, 0.3) is 28.2 Å². The van der Waals surface area contributed by atoms with E-state index in [1.807, 2.05) is 36.4 Å². The molecule has 1 aliphatic heterocycles. The molecule has 186 valence electrons. The molecule has 1 aliphatic carbocycles. The third-order valence-corrected chi connectivity index (χ3v) is 7.35. The van der Waals surface area contributed by atoms with Gasteiger partial charge in [0.2, 0.25) is 5.91 Å². The largest absolute Gasteiger partial charge is 0.497 e. The number of fused-ring (bicyclic) bond motifs is 5. The molecule has 36 heavy (non-hydrogen) atoms. The van der Waals surface area contributed by atoms with Crippen LogP contribution in [0.1, 0.15) is 59.5 Å². The maximum absolute atomic E-state index is 13.1. The van der Waals surface area contributed by atoms with E-state index in [2.05, 4.69) is 16.0 Å². The van der Waals surface area contributed by atoms with Crippen LogP contribution in [0.5, 0.6) is 5.75 Å². The Bertz CT molecular complexity index is 1380. The number of amides is 1. The van der Waals surface area contributed by atoms with E-state index in [-0.39, 0.29) is 12.5 Å². The van der Waals surface area contributed by atoms with Crippen molar-refractivity contribution in [3.05, 3.63) is 58.7 Å². The van der Waals surface area contributed by atoms with E-state index in [1.54, 1.807) is 7.11 Å². The van der Waals surface area contributed by atoms with Gasteiger partial charge in [-0.2, -0.15) is 0 Å². The van der Waals surface area contributed by atoms with Crippen LogP contribution in [-0.4, -0.2) is 43.5 Å². The molecule has 2 heterocycles. The number of rotatable bonds is 6. The maximum Gasteiger partial charge on any atom is 0.337 e. The fourth-order valence-electron chi connectivity index (χ4n) is 5.67. The molecule has 0 unspecified atom stereocenters. The summed E-state index contributed by atoms with van der Waals surface area (Å²) >= 11 is 0. The van der Waals surface area contributed by atoms with Gasteiger partial charge in [0.15, 0.2) is 0 Å². The van der Waals surface area contributed by atoms with Crippen LogP contribution in [0.2, 0.25) is 0 Å². The molecule has 1 N–H and O–H groups in total. The Labute approximate surface area is 210 Å². The third-order valence-electron chi connectivity index (χ3n) is 7.35. The molecule has 0 spiro atoms. The Kier molecular flexibility index (Phi) is 6.63. The predicted molar refractivity (Wildman–Crippen MR) is 138 cm³/mol. The molecule has 0 saturated heterocycles. The average molecular weight is 487 g/mol. The average Bonchev–Trinajstić information content (AvgIpc) is 3.13. The zero-order valence-electron chi connectivity index (χ0n) is 20.6. The summed E-state index contributed by atoms with van der Waals surface area (Å²) in [5.74, 6) is 0.398. The van der Waals surface area contributed by atoms with Crippen LogP contribution >= 0.6 is 0 Å². The van der Waals surface area contributed by atoms with E-state index in [9.17, 15) is 14.4 Å². The molecule has 0 radical (unpaired) electrons. The van der Waals surface area contributed by atoms with Gasteiger partial charge >= 0.3 is 5.97 Å². The van der Waals surface area contributed by atoms with Gasteiger partial charge in [-0.25, -0.2) is 4.79 Å². The highest BCUT2D eigenvalue weighted by atomic mass is 16.5. The van der Waals surface area contributed by atoms with Crippen molar-refractivity contribution in [3.63, 3.8) is 0 Å². The Morgan fingerprint density at radius 3 is 2.61 bits per heavy atom. The standard InChI is InChI=1S/C29H30N2O5/c1-35-22-9-11-23-20(15-22)14-21(28(33)30-12-13-32)17-31-25-16-19(29(34)36-2)8-10-24(25)26(27(23)31)18-6-4-3-5-7-18/h8-11,13-16,18H,3-7,12,17H2,1-2H3,(H,30,33). The fourth-order valence-corrected chi connectivity index (χ4v) is 5.67. The first-order valence-electron chi connectivity index (χ1n) is 12.4. The van der Waals surface area contributed by atoms with Gasteiger partial charge < -0.3 is 24.2 Å². The number of aromatic nitrogens is 1. The minimum atomic E-state index is -0.398. The summed E-state index contributed by atoms with van der Waals surface area (Å²) in [6.45, 7) is 0.255. The molecule has 1 saturated carbocycles. The summed E-state index contributed by atoms with van der Waals surface area (Å²) in [6.07, 6.45) is 8.38. The van der Waals surface area contributed by atoms with Gasteiger partial charge in [-0.3, -0.25) is 4.79 Å². The SMILES string of the molecule is COC(=O)c1ccc2c(C3CCCCC3)c3n(c2c1)CC(C(=O)NCC=O)=Cc1cc(OC)ccc1-3. The smallest absolute Gasteiger partial charge is 0.337 e.